The highest BCUT2D eigenvalue weighted by molar-refractivity contribution is 5.44. The second kappa shape index (κ2) is 3.90. The lowest BCUT2D eigenvalue weighted by Gasteiger charge is -2.45. The van der Waals surface area contributed by atoms with E-state index in [9.17, 15) is 0 Å². The summed E-state index contributed by atoms with van der Waals surface area (Å²) in [6, 6.07) is 2.33. The van der Waals surface area contributed by atoms with Crippen LogP contribution in [0.3, 0.4) is 0 Å². The molecule has 0 saturated carbocycles. The van der Waals surface area contributed by atoms with E-state index < -0.39 is 0 Å². The summed E-state index contributed by atoms with van der Waals surface area (Å²) in [5, 5.41) is 3.48. The Kier molecular flexibility index (Phi) is 2.40. The topological polar surface area (TPSA) is 67.1 Å². The van der Waals surface area contributed by atoms with E-state index in [2.05, 4.69) is 20.2 Å². The first-order chi connectivity index (χ1) is 7.81. The lowest BCUT2D eigenvalue weighted by molar-refractivity contribution is 0.0974. The first-order valence-corrected chi connectivity index (χ1v) is 5.88. The molecule has 1 aromatic heterocycles. The van der Waals surface area contributed by atoms with E-state index >= 15 is 0 Å². The molecule has 0 amide bonds. The Bertz CT molecular complexity index is 372. The predicted octanol–water partition coefficient (Wildman–Crippen LogP) is 0.565. The van der Waals surface area contributed by atoms with Crippen LogP contribution in [-0.4, -0.2) is 40.5 Å². The minimum Gasteiger partial charge on any atom is -0.384 e. The van der Waals surface area contributed by atoms with Crippen LogP contribution in [-0.2, 0) is 0 Å². The lowest BCUT2D eigenvalue weighted by atomic mass is 9.84. The second-order valence-electron chi connectivity index (χ2n) is 4.72. The number of aromatic nitrogens is 2. The number of anilines is 2. The fraction of sp³-hybridized carbons (Fsp3) is 0.636. The minimum atomic E-state index is 0.525. The highest BCUT2D eigenvalue weighted by Gasteiger charge is 2.34. The number of nitrogens with two attached hydrogens (primary N) is 1. The molecule has 16 heavy (non-hydrogen) atoms. The fourth-order valence-electron chi connectivity index (χ4n) is 2.77. The number of rotatable bonds is 2. The van der Waals surface area contributed by atoms with Gasteiger partial charge in [0, 0.05) is 18.7 Å². The zero-order valence-corrected chi connectivity index (χ0v) is 9.26. The van der Waals surface area contributed by atoms with Crippen molar-refractivity contribution in [2.45, 2.75) is 18.9 Å². The molecule has 3 fully saturated rings. The molecule has 0 spiro atoms. The number of nitrogens with zero attached hydrogens (tertiary/aromatic N) is 3. The van der Waals surface area contributed by atoms with Gasteiger partial charge >= 0.3 is 0 Å². The molecule has 3 saturated heterocycles. The molecule has 3 aliphatic rings. The number of nitrogen functional groups attached to an aromatic ring is 1. The van der Waals surface area contributed by atoms with Gasteiger partial charge in [-0.1, -0.05) is 0 Å². The van der Waals surface area contributed by atoms with Gasteiger partial charge in [0.1, 0.15) is 18.0 Å². The Balaban J connectivity index is 1.71. The third kappa shape index (κ3) is 1.82. The predicted molar refractivity (Wildman–Crippen MR) is 63.0 cm³/mol. The summed E-state index contributed by atoms with van der Waals surface area (Å²) in [6.45, 7) is 3.65. The van der Waals surface area contributed by atoms with Crippen molar-refractivity contribution < 1.29 is 0 Å². The molecule has 2 bridgehead atoms. The van der Waals surface area contributed by atoms with Gasteiger partial charge in [-0.05, 0) is 31.8 Å². The first kappa shape index (κ1) is 9.84. The van der Waals surface area contributed by atoms with Crippen LogP contribution >= 0.6 is 0 Å². The van der Waals surface area contributed by atoms with E-state index in [0.717, 1.165) is 18.3 Å². The van der Waals surface area contributed by atoms with E-state index in [0.29, 0.717) is 11.9 Å². The largest absolute Gasteiger partial charge is 0.384 e. The number of fused-ring (bicyclic) bond motifs is 3. The second-order valence-corrected chi connectivity index (χ2v) is 4.72. The maximum atomic E-state index is 5.64. The van der Waals surface area contributed by atoms with Crippen LogP contribution in [0.4, 0.5) is 11.6 Å². The van der Waals surface area contributed by atoms with Crippen LogP contribution < -0.4 is 11.1 Å². The molecule has 0 aliphatic carbocycles. The van der Waals surface area contributed by atoms with Crippen LogP contribution in [0.5, 0.6) is 0 Å². The van der Waals surface area contributed by atoms with Gasteiger partial charge in [0.15, 0.2) is 0 Å². The monoisotopic (exact) mass is 219 g/mol. The zero-order valence-electron chi connectivity index (χ0n) is 9.26. The van der Waals surface area contributed by atoms with Crippen LogP contribution in [0.25, 0.3) is 0 Å². The maximum absolute atomic E-state index is 5.64. The number of nitrogens with one attached hydrogen (secondary N) is 1. The summed E-state index contributed by atoms with van der Waals surface area (Å²) >= 11 is 0. The number of piperidine rings is 3. The van der Waals surface area contributed by atoms with E-state index in [1.807, 2.05) is 0 Å². The molecule has 3 N–H and O–H groups in total. The van der Waals surface area contributed by atoms with E-state index in [4.69, 9.17) is 5.73 Å². The van der Waals surface area contributed by atoms with Crippen molar-refractivity contribution in [3.63, 3.8) is 0 Å². The van der Waals surface area contributed by atoms with Gasteiger partial charge < -0.3 is 16.0 Å². The quantitative estimate of drug-likeness (QED) is 0.761. The van der Waals surface area contributed by atoms with Gasteiger partial charge in [0.2, 0.25) is 0 Å². The zero-order chi connectivity index (χ0) is 11.0. The van der Waals surface area contributed by atoms with Crippen molar-refractivity contribution >= 4 is 11.6 Å². The average Bonchev–Trinajstić information content (AvgIpc) is 2.30. The first-order valence-electron chi connectivity index (χ1n) is 5.88. The summed E-state index contributed by atoms with van der Waals surface area (Å²) < 4.78 is 0. The standard InChI is InChI=1S/C11H17N5/c12-10-5-11(14-7-13-10)15-9-6-16-3-1-8(9)2-4-16/h5,7-9H,1-4,6H2,(H3,12,13,14,15). The maximum Gasteiger partial charge on any atom is 0.131 e. The van der Waals surface area contributed by atoms with E-state index in [-0.39, 0.29) is 0 Å². The van der Waals surface area contributed by atoms with Crippen molar-refractivity contribution in [2.24, 2.45) is 5.92 Å². The Labute approximate surface area is 95.1 Å². The SMILES string of the molecule is Nc1cc(NC2CN3CCC2CC3)ncn1. The molecule has 4 rings (SSSR count). The molecule has 5 heteroatoms. The molecule has 4 heterocycles. The van der Waals surface area contributed by atoms with Gasteiger partial charge in [-0.25, -0.2) is 9.97 Å². The van der Waals surface area contributed by atoms with Gasteiger partial charge in [-0.15, -0.1) is 0 Å². The van der Waals surface area contributed by atoms with Crippen LogP contribution in [0, 0.1) is 5.92 Å². The third-order valence-electron chi connectivity index (χ3n) is 3.68. The smallest absolute Gasteiger partial charge is 0.131 e. The molecule has 0 radical (unpaired) electrons. The average molecular weight is 219 g/mol. The van der Waals surface area contributed by atoms with Crippen molar-refractivity contribution in [2.75, 3.05) is 30.7 Å². The number of hydrogen-bond donors (Lipinski definition) is 2. The fourth-order valence-corrected chi connectivity index (χ4v) is 2.77. The normalized spacial score (nSPS) is 32.6. The Morgan fingerprint density at radius 1 is 1.31 bits per heavy atom. The molecular formula is C11H17N5. The summed E-state index contributed by atoms with van der Waals surface area (Å²) in [4.78, 5) is 10.6. The molecule has 1 aromatic rings. The highest BCUT2D eigenvalue weighted by Crippen LogP contribution is 2.29. The summed E-state index contributed by atoms with van der Waals surface area (Å²) in [5.74, 6) is 2.17. The number of hydrogen-bond acceptors (Lipinski definition) is 5. The Hall–Kier alpha value is -1.36. The lowest BCUT2D eigenvalue weighted by Crippen LogP contribution is -2.53. The van der Waals surface area contributed by atoms with Crippen LogP contribution in [0.2, 0.25) is 0 Å². The molecule has 0 aromatic carbocycles. The van der Waals surface area contributed by atoms with Gasteiger partial charge in [-0.3, -0.25) is 0 Å². The minimum absolute atomic E-state index is 0.525. The van der Waals surface area contributed by atoms with Gasteiger partial charge in [0.25, 0.3) is 0 Å². The molecule has 1 unspecified atom stereocenters. The van der Waals surface area contributed by atoms with Crippen molar-refractivity contribution in [3.05, 3.63) is 12.4 Å². The van der Waals surface area contributed by atoms with Gasteiger partial charge in [-0.2, -0.15) is 0 Å². The summed E-state index contributed by atoms with van der Waals surface area (Å²) in [7, 11) is 0. The third-order valence-corrected chi connectivity index (χ3v) is 3.68. The summed E-state index contributed by atoms with van der Waals surface area (Å²) in [5.41, 5.74) is 5.64. The summed E-state index contributed by atoms with van der Waals surface area (Å²) in [6.07, 6.45) is 4.12. The molecule has 1 atom stereocenters. The van der Waals surface area contributed by atoms with Gasteiger partial charge in [0.05, 0.1) is 0 Å². The van der Waals surface area contributed by atoms with E-state index in [1.54, 1.807) is 6.07 Å². The Morgan fingerprint density at radius 3 is 2.75 bits per heavy atom. The molecular weight excluding hydrogens is 202 g/mol. The van der Waals surface area contributed by atoms with Crippen molar-refractivity contribution in [3.8, 4) is 0 Å². The highest BCUT2D eigenvalue weighted by atomic mass is 15.2. The Morgan fingerprint density at radius 2 is 2.12 bits per heavy atom. The molecule has 86 valence electrons. The van der Waals surface area contributed by atoms with Crippen LogP contribution in [0.1, 0.15) is 12.8 Å². The van der Waals surface area contributed by atoms with E-state index in [1.165, 1.54) is 32.3 Å². The molecule has 5 nitrogen and oxygen atoms in total. The van der Waals surface area contributed by atoms with Crippen molar-refractivity contribution in [1.29, 1.82) is 0 Å². The van der Waals surface area contributed by atoms with Crippen LogP contribution in [0.15, 0.2) is 12.4 Å². The molecule has 3 aliphatic heterocycles. The van der Waals surface area contributed by atoms with Crippen molar-refractivity contribution in [1.82, 2.24) is 14.9 Å².